The van der Waals surface area contributed by atoms with Crippen molar-refractivity contribution in [1.82, 2.24) is 10.6 Å². The van der Waals surface area contributed by atoms with Crippen molar-refractivity contribution >= 4 is 17.2 Å². The van der Waals surface area contributed by atoms with Gasteiger partial charge in [-0.05, 0) is 43.3 Å². The Bertz CT molecular complexity index is 885. The smallest absolute Gasteiger partial charge is 0.145 e. The number of hydrogen-bond acceptors (Lipinski definition) is 9. The number of nitrogens with zero attached hydrogens (tertiary/aromatic N) is 1. The summed E-state index contributed by atoms with van der Waals surface area (Å²) in [6.45, 7) is 5.22. The predicted molar refractivity (Wildman–Crippen MR) is 118 cm³/mol. The van der Waals surface area contributed by atoms with Crippen LogP contribution in [0.25, 0.3) is 0 Å². The van der Waals surface area contributed by atoms with Crippen LogP contribution < -0.4 is 43.6 Å². The number of aliphatic imine (C=N–C) groups is 1. The van der Waals surface area contributed by atoms with Gasteiger partial charge in [-0.2, -0.15) is 0 Å². The number of nitrogens with two attached hydrogens (primary N) is 4. The zero-order chi connectivity index (χ0) is 21.0. The van der Waals surface area contributed by atoms with Crippen LogP contribution in [0.3, 0.4) is 0 Å². The average Bonchev–Trinajstić information content (AvgIpc) is 2.70. The van der Waals surface area contributed by atoms with E-state index >= 15 is 0 Å². The van der Waals surface area contributed by atoms with Gasteiger partial charge >= 0.3 is 0 Å². The molecule has 0 radical (unpaired) electrons. The molecule has 0 aromatic heterocycles. The number of ether oxygens (including phenoxy) is 1. The second kappa shape index (κ2) is 8.89. The number of hydrogen-bond donors (Lipinski definition) is 7. The highest BCUT2D eigenvalue weighted by atomic mass is 16.5. The first-order chi connectivity index (χ1) is 13.9. The minimum Gasteiger partial charge on any atom is -0.489 e. The van der Waals surface area contributed by atoms with Gasteiger partial charge in [-0.25, -0.2) is 4.99 Å². The third kappa shape index (κ3) is 4.64. The molecule has 11 N–H and O–H groups in total. The van der Waals surface area contributed by atoms with Crippen LogP contribution in [-0.2, 0) is 6.54 Å². The first-order valence-corrected chi connectivity index (χ1v) is 9.59. The summed E-state index contributed by atoms with van der Waals surface area (Å²) in [5.41, 5.74) is 28.5. The molecular formula is C20H30N8O. The number of benzene rings is 1. The third-order valence-electron chi connectivity index (χ3n) is 4.68. The zero-order valence-electron chi connectivity index (χ0n) is 16.8. The van der Waals surface area contributed by atoms with E-state index in [0.717, 1.165) is 16.8 Å². The third-order valence-corrected chi connectivity index (χ3v) is 4.68. The van der Waals surface area contributed by atoms with Crippen molar-refractivity contribution in [3.05, 3.63) is 53.0 Å². The Morgan fingerprint density at radius 2 is 2.07 bits per heavy atom. The molecule has 1 aromatic rings. The molecule has 29 heavy (non-hydrogen) atoms. The highest BCUT2D eigenvalue weighted by Crippen LogP contribution is 2.32. The minimum absolute atomic E-state index is 0.0226. The predicted octanol–water partition coefficient (Wildman–Crippen LogP) is 0.427. The molecule has 156 valence electrons. The fourth-order valence-electron chi connectivity index (χ4n) is 3.21. The maximum absolute atomic E-state index is 6.54. The van der Waals surface area contributed by atoms with Crippen LogP contribution >= 0.6 is 0 Å². The summed E-state index contributed by atoms with van der Waals surface area (Å²) in [5, 5.41) is 9.79. The molecule has 0 spiro atoms. The number of nitrogens with one attached hydrogen (secondary N) is 3. The van der Waals surface area contributed by atoms with Gasteiger partial charge < -0.3 is 43.6 Å². The van der Waals surface area contributed by atoms with Gasteiger partial charge in [0.15, 0.2) is 0 Å². The van der Waals surface area contributed by atoms with E-state index in [4.69, 9.17) is 27.7 Å². The second-order valence-corrected chi connectivity index (χ2v) is 7.17. The summed E-state index contributed by atoms with van der Waals surface area (Å²) in [6.07, 6.45) is 5.75. The molecule has 9 heteroatoms. The molecule has 9 nitrogen and oxygen atoms in total. The largest absolute Gasteiger partial charge is 0.489 e. The maximum atomic E-state index is 6.54. The van der Waals surface area contributed by atoms with E-state index in [1.165, 1.54) is 0 Å². The molecule has 2 aliphatic heterocycles. The van der Waals surface area contributed by atoms with Gasteiger partial charge in [0.05, 0.1) is 23.4 Å². The summed E-state index contributed by atoms with van der Waals surface area (Å²) in [4.78, 5) is 4.31. The lowest BCUT2D eigenvalue weighted by Gasteiger charge is -2.28. The van der Waals surface area contributed by atoms with Gasteiger partial charge in [-0.15, -0.1) is 0 Å². The lowest BCUT2D eigenvalue weighted by Crippen LogP contribution is -2.43. The standard InChI is InChI=1S/C20H30N8O/c1-11(2)29-16-7-14(22)13(8-21)6-15(16)28-20-17(19(24)26-10-27-20)18(23)12-4-3-5-25-9-12/h3-7,11,18,25,27-28H,8-10,21-23H2,1-2H3,(H2,24,26). The number of nitrogen functional groups attached to an aromatic ring is 1. The first-order valence-electron chi connectivity index (χ1n) is 9.59. The summed E-state index contributed by atoms with van der Waals surface area (Å²) in [5.74, 6) is 1.70. The van der Waals surface area contributed by atoms with Crippen LogP contribution in [0.2, 0.25) is 0 Å². The maximum Gasteiger partial charge on any atom is 0.145 e. The minimum atomic E-state index is -0.427. The van der Waals surface area contributed by atoms with Crippen molar-refractivity contribution in [2.75, 3.05) is 24.3 Å². The molecule has 0 saturated heterocycles. The first kappa shape index (κ1) is 20.6. The molecule has 0 saturated carbocycles. The van der Waals surface area contributed by atoms with Gasteiger partial charge in [0, 0.05) is 24.8 Å². The van der Waals surface area contributed by atoms with Gasteiger partial charge in [-0.3, -0.25) is 0 Å². The average molecular weight is 399 g/mol. The van der Waals surface area contributed by atoms with E-state index in [1.54, 1.807) is 6.07 Å². The number of rotatable bonds is 7. The molecule has 0 amide bonds. The van der Waals surface area contributed by atoms with E-state index in [9.17, 15) is 0 Å². The Morgan fingerprint density at radius 3 is 2.72 bits per heavy atom. The molecule has 0 aliphatic carbocycles. The van der Waals surface area contributed by atoms with Crippen LogP contribution in [0, 0.1) is 0 Å². The van der Waals surface area contributed by atoms with Crippen LogP contribution in [0.4, 0.5) is 11.4 Å². The summed E-state index contributed by atoms with van der Waals surface area (Å²) < 4.78 is 5.95. The van der Waals surface area contributed by atoms with Gasteiger partial charge in [0.25, 0.3) is 0 Å². The Kier molecular flexibility index (Phi) is 6.30. The summed E-state index contributed by atoms with van der Waals surface area (Å²) in [6, 6.07) is 3.24. The Morgan fingerprint density at radius 1 is 1.28 bits per heavy atom. The molecular weight excluding hydrogens is 368 g/mol. The van der Waals surface area contributed by atoms with Crippen molar-refractivity contribution in [3.63, 3.8) is 0 Å². The Hall–Kier alpha value is -3.17. The fourth-order valence-corrected chi connectivity index (χ4v) is 3.21. The molecule has 2 heterocycles. The van der Waals surface area contributed by atoms with E-state index in [2.05, 4.69) is 20.9 Å². The van der Waals surface area contributed by atoms with Gasteiger partial charge in [0.1, 0.15) is 24.1 Å². The molecule has 1 aromatic carbocycles. The number of dihydropyridines is 1. The van der Waals surface area contributed by atoms with Crippen molar-refractivity contribution in [1.29, 1.82) is 0 Å². The van der Waals surface area contributed by atoms with Gasteiger partial charge in [-0.1, -0.05) is 6.08 Å². The van der Waals surface area contributed by atoms with Crippen LogP contribution in [0.1, 0.15) is 19.4 Å². The molecule has 1 atom stereocenters. The highest BCUT2D eigenvalue weighted by Gasteiger charge is 2.25. The zero-order valence-corrected chi connectivity index (χ0v) is 16.8. The fraction of sp³-hybridized carbons (Fsp3) is 0.350. The number of anilines is 2. The topological polar surface area (TPSA) is 162 Å². The second-order valence-electron chi connectivity index (χ2n) is 7.17. The van der Waals surface area contributed by atoms with Crippen LogP contribution in [-0.4, -0.2) is 31.2 Å². The van der Waals surface area contributed by atoms with E-state index in [-0.39, 0.29) is 6.10 Å². The molecule has 0 bridgehead atoms. The molecule has 3 rings (SSSR count). The summed E-state index contributed by atoms with van der Waals surface area (Å²) >= 11 is 0. The highest BCUT2D eigenvalue weighted by molar-refractivity contribution is 6.00. The lowest BCUT2D eigenvalue weighted by atomic mass is 9.96. The SMILES string of the molecule is CC(C)Oc1cc(N)c(CN)cc1NC1=C(C(N)C2=CC=CNC2)C(N)=NCN1. The normalized spacial score (nSPS) is 17.3. The van der Waals surface area contributed by atoms with E-state index < -0.39 is 6.04 Å². The molecule has 2 aliphatic rings. The quantitative estimate of drug-likeness (QED) is 0.325. The lowest BCUT2D eigenvalue weighted by molar-refractivity contribution is 0.244. The van der Waals surface area contributed by atoms with Crippen LogP contribution in [0.15, 0.2) is 52.4 Å². The van der Waals surface area contributed by atoms with E-state index in [0.29, 0.717) is 48.4 Å². The Balaban J connectivity index is 2.02. The van der Waals surface area contributed by atoms with Gasteiger partial charge in [0.2, 0.25) is 0 Å². The number of amidine groups is 1. The molecule has 0 fully saturated rings. The van der Waals surface area contributed by atoms with Crippen LogP contribution in [0.5, 0.6) is 5.75 Å². The Labute approximate surface area is 170 Å². The number of allylic oxidation sites excluding steroid dienone is 2. The monoisotopic (exact) mass is 398 g/mol. The summed E-state index contributed by atoms with van der Waals surface area (Å²) in [7, 11) is 0. The molecule has 1 unspecified atom stereocenters. The van der Waals surface area contributed by atoms with Crippen molar-refractivity contribution < 1.29 is 4.74 Å². The van der Waals surface area contributed by atoms with Crippen molar-refractivity contribution in [2.24, 2.45) is 22.2 Å². The van der Waals surface area contributed by atoms with E-state index in [1.807, 2.05) is 38.3 Å². The van der Waals surface area contributed by atoms with Crippen molar-refractivity contribution in [2.45, 2.75) is 32.5 Å². The van der Waals surface area contributed by atoms with Crippen molar-refractivity contribution in [3.8, 4) is 5.75 Å².